The monoisotopic (exact) mass is 452 g/mol. The van der Waals surface area contributed by atoms with E-state index in [0.717, 1.165) is 53.4 Å². The Labute approximate surface area is 189 Å². The summed E-state index contributed by atoms with van der Waals surface area (Å²) in [5.41, 5.74) is 3.26. The summed E-state index contributed by atoms with van der Waals surface area (Å²) in [4.78, 5) is 20.3. The Balaban J connectivity index is 1.78. The van der Waals surface area contributed by atoms with Crippen molar-refractivity contribution >= 4 is 38.2 Å². The first-order valence-electron chi connectivity index (χ1n) is 10.8. The van der Waals surface area contributed by atoms with E-state index in [2.05, 4.69) is 15.2 Å². The van der Waals surface area contributed by atoms with E-state index in [1.807, 2.05) is 37.3 Å². The SMILES string of the molecule is Cc1ccc2cccc(NC(=O)c3cc(S(=O)(=O)N(C)C)ccc3N3CCCCC3)c2n1. The van der Waals surface area contributed by atoms with Crippen LogP contribution in [-0.2, 0) is 10.0 Å². The van der Waals surface area contributed by atoms with Crippen LogP contribution in [0.3, 0.4) is 0 Å². The normalized spacial score (nSPS) is 14.7. The molecule has 2 heterocycles. The molecule has 168 valence electrons. The molecule has 8 heteroatoms. The number of rotatable bonds is 5. The Kier molecular flexibility index (Phi) is 6.17. The number of piperidine rings is 1. The molecule has 0 atom stereocenters. The predicted molar refractivity (Wildman–Crippen MR) is 128 cm³/mol. The van der Waals surface area contributed by atoms with Crippen molar-refractivity contribution in [3.05, 3.63) is 59.8 Å². The van der Waals surface area contributed by atoms with E-state index in [-0.39, 0.29) is 10.8 Å². The van der Waals surface area contributed by atoms with E-state index in [1.165, 1.54) is 20.2 Å². The number of amides is 1. The number of hydrogen-bond acceptors (Lipinski definition) is 5. The molecule has 0 radical (unpaired) electrons. The van der Waals surface area contributed by atoms with Crippen molar-refractivity contribution < 1.29 is 13.2 Å². The molecule has 7 nitrogen and oxygen atoms in total. The average molecular weight is 453 g/mol. The van der Waals surface area contributed by atoms with E-state index in [9.17, 15) is 13.2 Å². The third-order valence-electron chi connectivity index (χ3n) is 5.80. The first kappa shape index (κ1) is 22.2. The molecular weight excluding hydrogens is 424 g/mol. The molecule has 1 saturated heterocycles. The summed E-state index contributed by atoms with van der Waals surface area (Å²) in [6.45, 7) is 3.59. The second-order valence-electron chi connectivity index (χ2n) is 8.30. The molecule has 1 aromatic heterocycles. The van der Waals surface area contributed by atoms with Crippen molar-refractivity contribution in [3.63, 3.8) is 0 Å². The molecule has 4 rings (SSSR count). The van der Waals surface area contributed by atoms with Crippen molar-refractivity contribution in [2.45, 2.75) is 31.1 Å². The number of aryl methyl sites for hydroxylation is 1. The number of carbonyl (C=O) groups is 1. The number of anilines is 2. The number of hydrogen-bond donors (Lipinski definition) is 1. The maximum Gasteiger partial charge on any atom is 0.257 e. The first-order valence-corrected chi connectivity index (χ1v) is 12.2. The molecule has 1 amide bonds. The van der Waals surface area contributed by atoms with Gasteiger partial charge in [-0.05, 0) is 56.5 Å². The summed E-state index contributed by atoms with van der Waals surface area (Å²) in [6, 6.07) is 14.3. The lowest BCUT2D eigenvalue weighted by atomic mass is 10.1. The zero-order valence-electron chi connectivity index (χ0n) is 18.6. The molecule has 0 saturated carbocycles. The smallest absolute Gasteiger partial charge is 0.257 e. The number of benzene rings is 2. The molecule has 0 aliphatic carbocycles. The number of carbonyl (C=O) groups excluding carboxylic acids is 1. The Morgan fingerprint density at radius 2 is 1.78 bits per heavy atom. The average Bonchev–Trinajstić information content (AvgIpc) is 2.79. The van der Waals surface area contributed by atoms with Crippen molar-refractivity contribution in [2.24, 2.45) is 0 Å². The fourth-order valence-electron chi connectivity index (χ4n) is 4.01. The molecule has 0 unspecified atom stereocenters. The fraction of sp³-hybridized carbons (Fsp3) is 0.333. The highest BCUT2D eigenvalue weighted by atomic mass is 32.2. The van der Waals surface area contributed by atoms with Gasteiger partial charge in [-0.15, -0.1) is 0 Å². The summed E-state index contributed by atoms with van der Waals surface area (Å²) in [6.07, 6.45) is 3.25. The van der Waals surface area contributed by atoms with Gasteiger partial charge in [-0.3, -0.25) is 9.78 Å². The van der Waals surface area contributed by atoms with Crippen molar-refractivity contribution in [1.29, 1.82) is 0 Å². The lowest BCUT2D eigenvalue weighted by Crippen LogP contribution is -2.32. The van der Waals surface area contributed by atoms with Gasteiger partial charge >= 0.3 is 0 Å². The molecule has 0 bridgehead atoms. The number of fused-ring (bicyclic) bond motifs is 1. The third-order valence-corrected chi connectivity index (χ3v) is 7.61. The van der Waals surface area contributed by atoms with Crippen molar-refractivity contribution in [1.82, 2.24) is 9.29 Å². The minimum atomic E-state index is -3.67. The van der Waals surface area contributed by atoms with E-state index in [1.54, 1.807) is 12.1 Å². The second kappa shape index (κ2) is 8.88. The summed E-state index contributed by atoms with van der Waals surface area (Å²) >= 11 is 0. The van der Waals surface area contributed by atoms with Crippen molar-refractivity contribution in [3.8, 4) is 0 Å². The molecule has 1 aliphatic rings. The zero-order valence-corrected chi connectivity index (χ0v) is 19.4. The topological polar surface area (TPSA) is 82.6 Å². The molecular formula is C24H28N4O3S. The van der Waals surface area contributed by atoms with Crippen LogP contribution in [0.15, 0.2) is 53.4 Å². The van der Waals surface area contributed by atoms with Gasteiger partial charge in [-0.25, -0.2) is 12.7 Å². The molecule has 3 aromatic rings. The van der Waals surface area contributed by atoms with E-state index >= 15 is 0 Å². The van der Waals surface area contributed by atoms with E-state index < -0.39 is 10.0 Å². The van der Waals surface area contributed by atoms with Gasteiger partial charge in [0.1, 0.15) is 0 Å². The highest BCUT2D eigenvalue weighted by Gasteiger charge is 2.24. The Bertz CT molecular complexity index is 1270. The Morgan fingerprint density at radius 1 is 1.03 bits per heavy atom. The Hall–Kier alpha value is -2.97. The van der Waals surface area contributed by atoms with Gasteiger partial charge < -0.3 is 10.2 Å². The quantitative estimate of drug-likeness (QED) is 0.632. The molecule has 2 aromatic carbocycles. The number of sulfonamides is 1. The van der Waals surface area contributed by atoms with Crippen LogP contribution in [-0.4, -0.2) is 50.8 Å². The first-order chi connectivity index (χ1) is 15.3. The minimum Gasteiger partial charge on any atom is -0.371 e. The van der Waals surface area contributed by atoms with Crippen LogP contribution < -0.4 is 10.2 Å². The molecule has 0 spiro atoms. The van der Waals surface area contributed by atoms with Crippen LogP contribution in [0.5, 0.6) is 0 Å². The predicted octanol–water partition coefficient (Wildman–Crippen LogP) is 4.04. The van der Waals surface area contributed by atoms with Gasteiger partial charge in [0.05, 0.1) is 21.7 Å². The number of aromatic nitrogens is 1. The summed E-state index contributed by atoms with van der Waals surface area (Å²) < 4.78 is 26.6. The van der Waals surface area contributed by atoms with Crippen LogP contribution in [0.2, 0.25) is 0 Å². The number of pyridine rings is 1. The summed E-state index contributed by atoms with van der Waals surface area (Å²) in [7, 11) is -0.703. The molecule has 1 fully saturated rings. The van der Waals surface area contributed by atoms with E-state index in [0.29, 0.717) is 16.8 Å². The minimum absolute atomic E-state index is 0.0975. The fourth-order valence-corrected chi connectivity index (χ4v) is 4.94. The summed E-state index contributed by atoms with van der Waals surface area (Å²) in [5.74, 6) is -0.350. The Morgan fingerprint density at radius 3 is 2.50 bits per heavy atom. The van der Waals surface area contributed by atoms with Crippen molar-refractivity contribution in [2.75, 3.05) is 37.4 Å². The van der Waals surface area contributed by atoms with Gasteiger partial charge in [-0.2, -0.15) is 0 Å². The van der Waals surface area contributed by atoms with Crippen LogP contribution in [0.1, 0.15) is 35.3 Å². The second-order valence-corrected chi connectivity index (χ2v) is 10.4. The maximum absolute atomic E-state index is 13.5. The van der Waals surface area contributed by atoms with Gasteiger partial charge in [-0.1, -0.05) is 18.2 Å². The lowest BCUT2D eigenvalue weighted by Gasteiger charge is -2.30. The number of nitrogens with zero attached hydrogens (tertiary/aromatic N) is 3. The molecule has 32 heavy (non-hydrogen) atoms. The van der Waals surface area contributed by atoms with E-state index in [4.69, 9.17) is 0 Å². The largest absolute Gasteiger partial charge is 0.371 e. The van der Waals surface area contributed by atoms with Crippen LogP contribution in [0.25, 0.3) is 10.9 Å². The molecule has 1 aliphatic heterocycles. The summed E-state index contributed by atoms with van der Waals surface area (Å²) in [5, 5.41) is 3.90. The molecule has 1 N–H and O–H groups in total. The van der Waals surface area contributed by atoms with Gasteiger partial charge in [0.15, 0.2) is 0 Å². The highest BCUT2D eigenvalue weighted by Crippen LogP contribution is 2.29. The maximum atomic E-state index is 13.5. The number of para-hydroxylation sites is 1. The lowest BCUT2D eigenvalue weighted by molar-refractivity contribution is 0.102. The van der Waals surface area contributed by atoms with Gasteiger partial charge in [0.25, 0.3) is 5.91 Å². The van der Waals surface area contributed by atoms with Gasteiger partial charge in [0, 0.05) is 44.0 Å². The van der Waals surface area contributed by atoms with Crippen LogP contribution in [0, 0.1) is 6.92 Å². The highest BCUT2D eigenvalue weighted by molar-refractivity contribution is 7.89. The van der Waals surface area contributed by atoms with Gasteiger partial charge in [0.2, 0.25) is 10.0 Å². The number of nitrogens with one attached hydrogen (secondary N) is 1. The zero-order chi connectivity index (χ0) is 22.9. The standard InChI is InChI=1S/C24H28N4O3S/c1-17-10-11-18-8-7-9-21(23(18)25-17)26-24(29)20-16-19(32(30,31)27(2)3)12-13-22(20)28-14-5-4-6-15-28/h7-13,16H,4-6,14-15H2,1-3H3,(H,26,29). The van der Waals surface area contributed by atoms with Crippen LogP contribution >= 0.6 is 0 Å². The van der Waals surface area contributed by atoms with Crippen LogP contribution in [0.4, 0.5) is 11.4 Å². The third kappa shape index (κ3) is 4.33.